The van der Waals surface area contributed by atoms with Crippen LogP contribution in [0.15, 0.2) is 60.9 Å². The number of nitrogens with two attached hydrogens (primary N) is 1. The van der Waals surface area contributed by atoms with Gasteiger partial charge in [0.15, 0.2) is 0 Å². The highest BCUT2D eigenvalue weighted by molar-refractivity contribution is 6.16. The maximum Gasteiger partial charge on any atom is 0.410 e. The molecule has 3 aromatic rings. The normalized spacial score (nSPS) is 15.4. The molecule has 1 aromatic heterocycles. The maximum absolute atomic E-state index is 12.6. The van der Waals surface area contributed by atoms with Crippen molar-refractivity contribution in [2.45, 2.75) is 45.3 Å². The van der Waals surface area contributed by atoms with Crippen LogP contribution in [0.1, 0.15) is 44.7 Å². The number of aromatic nitrogens is 2. The van der Waals surface area contributed by atoms with E-state index < -0.39 is 5.60 Å². The van der Waals surface area contributed by atoms with Crippen molar-refractivity contribution in [3.63, 3.8) is 0 Å². The Kier molecular flexibility index (Phi) is 7.38. The van der Waals surface area contributed by atoms with Crippen LogP contribution in [0, 0.1) is 5.41 Å². The van der Waals surface area contributed by atoms with Crippen LogP contribution >= 0.6 is 0 Å². The van der Waals surface area contributed by atoms with Crippen LogP contribution in [0.25, 0.3) is 0 Å². The Labute approximate surface area is 211 Å². The first-order valence-electron chi connectivity index (χ1n) is 12.0. The summed E-state index contributed by atoms with van der Waals surface area (Å²) in [5.41, 5.74) is 6.88. The Morgan fingerprint density at radius 3 is 2.50 bits per heavy atom. The van der Waals surface area contributed by atoms with E-state index in [-0.39, 0.29) is 23.7 Å². The van der Waals surface area contributed by atoms with E-state index in [1.54, 1.807) is 29.2 Å². The fourth-order valence-corrected chi connectivity index (χ4v) is 4.06. The molecule has 4 rings (SSSR count). The minimum atomic E-state index is -0.553. The molecule has 1 aliphatic heterocycles. The number of nitrogen functional groups attached to an aromatic ring is 1. The smallest absolute Gasteiger partial charge is 0.410 e. The van der Waals surface area contributed by atoms with Crippen molar-refractivity contribution in [3.8, 4) is 11.5 Å². The highest BCUT2D eigenvalue weighted by atomic mass is 16.6. The summed E-state index contributed by atoms with van der Waals surface area (Å²) in [6.07, 6.45) is 2.80. The van der Waals surface area contributed by atoms with Crippen LogP contribution in [0.2, 0.25) is 0 Å². The fraction of sp³-hybridized carbons (Fsp3) is 0.333. The molecule has 2 aromatic carbocycles. The van der Waals surface area contributed by atoms with E-state index in [0.717, 1.165) is 18.6 Å². The Hall–Kier alpha value is -4.14. The first-order valence-corrected chi connectivity index (χ1v) is 12.0. The van der Waals surface area contributed by atoms with Crippen molar-refractivity contribution in [2.24, 2.45) is 0 Å². The predicted octanol–water partition coefficient (Wildman–Crippen LogP) is 5.08. The van der Waals surface area contributed by atoms with E-state index >= 15 is 0 Å². The lowest BCUT2D eigenvalue weighted by Gasteiger charge is -2.29. The standard InChI is InChI=1S/C27H32N6O3/c1-27(2,3)36-26(34)33-15-7-8-19(33)16-30-25-22(24(29)31-17-32-25)23(28)18-11-13-21(14-12-18)35-20-9-5-4-6-10-20/h4-6,9-14,17,19,28H,7-8,15-16H2,1-3H3,(H3,29,30,31,32)/t19-/m1/s1. The Morgan fingerprint density at radius 1 is 1.11 bits per heavy atom. The topological polar surface area (TPSA) is 126 Å². The number of para-hydroxylation sites is 1. The molecule has 0 spiro atoms. The molecule has 188 valence electrons. The molecule has 0 bridgehead atoms. The zero-order valence-electron chi connectivity index (χ0n) is 20.8. The lowest BCUT2D eigenvalue weighted by molar-refractivity contribution is 0.0235. The van der Waals surface area contributed by atoms with Crippen LogP contribution < -0.4 is 15.8 Å². The first kappa shape index (κ1) is 25.0. The SMILES string of the molecule is CC(C)(C)OC(=O)N1CCC[C@@H]1CNc1ncnc(N)c1C(=N)c1ccc(Oc2ccccc2)cc1. The number of nitrogens with one attached hydrogen (secondary N) is 2. The van der Waals surface area contributed by atoms with Gasteiger partial charge in [-0.05, 0) is 70.0 Å². The monoisotopic (exact) mass is 488 g/mol. The number of likely N-dealkylation sites (tertiary alicyclic amines) is 1. The molecular weight excluding hydrogens is 456 g/mol. The van der Waals surface area contributed by atoms with Crippen molar-refractivity contribution in [2.75, 3.05) is 24.1 Å². The maximum atomic E-state index is 12.6. The van der Waals surface area contributed by atoms with Gasteiger partial charge in [0.1, 0.15) is 35.1 Å². The van der Waals surface area contributed by atoms with E-state index in [2.05, 4.69) is 15.3 Å². The lowest BCUT2D eigenvalue weighted by Crippen LogP contribution is -2.42. The van der Waals surface area contributed by atoms with E-state index in [0.29, 0.717) is 35.8 Å². The van der Waals surface area contributed by atoms with Crippen molar-refractivity contribution < 1.29 is 14.3 Å². The molecule has 4 N–H and O–H groups in total. The molecule has 0 saturated carbocycles. The van der Waals surface area contributed by atoms with Crippen LogP contribution in [-0.2, 0) is 4.74 Å². The van der Waals surface area contributed by atoms with Gasteiger partial charge in [0.05, 0.1) is 17.3 Å². The fourth-order valence-electron chi connectivity index (χ4n) is 4.06. The third kappa shape index (κ3) is 6.10. The molecule has 0 aliphatic carbocycles. The summed E-state index contributed by atoms with van der Waals surface area (Å²) >= 11 is 0. The molecule has 1 aliphatic rings. The number of rotatable bonds is 7. The van der Waals surface area contributed by atoms with Crippen molar-refractivity contribution in [3.05, 3.63) is 72.1 Å². The van der Waals surface area contributed by atoms with Gasteiger partial charge in [-0.15, -0.1) is 0 Å². The number of ether oxygens (including phenoxy) is 2. The Bertz CT molecular complexity index is 1210. The second-order valence-corrected chi connectivity index (χ2v) is 9.65. The van der Waals surface area contributed by atoms with Gasteiger partial charge in [-0.2, -0.15) is 0 Å². The first-order chi connectivity index (χ1) is 17.2. The van der Waals surface area contributed by atoms with Gasteiger partial charge in [0.2, 0.25) is 0 Å². The Balaban J connectivity index is 1.46. The van der Waals surface area contributed by atoms with E-state index in [9.17, 15) is 4.79 Å². The number of benzene rings is 2. The number of hydrogen-bond donors (Lipinski definition) is 3. The minimum Gasteiger partial charge on any atom is -0.457 e. The van der Waals surface area contributed by atoms with Crippen molar-refractivity contribution >= 4 is 23.4 Å². The third-order valence-electron chi connectivity index (χ3n) is 5.76. The molecule has 36 heavy (non-hydrogen) atoms. The molecule has 9 nitrogen and oxygen atoms in total. The molecule has 1 fully saturated rings. The highest BCUT2D eigenvalue weighted by Crippen LogP contribution is 2.26. The number of carbonyl (C=O) groups is 1. The van der Waals surface area contributed by atoms with Gasteiger partial charge < -0.3 is 25.4 Å². The van der Waals surface area contributed by atoms with Gasteiger partial charge in [0.25, 0.3) is 0 Å². The average Bonchev–Trinajstić information content (AvgIpc) is 3.31. The number of amides is 1. The number of hydrogen-bond acceptors (Lipinski definition) is 8. The van der Waals surface area contributed by atoms with Gasteiger partial charge >= 0.3 is 6.09 Å². The summed E-state index contributed by atoms with van der Waals surface area (Å²) in [6, 6.07) is 16.7. The summed E-state index contributed by atoms with van der Waals surface area (Å²) in [7, 11) is 0. The quantitative estimate of drug-likeness (QED) is 0.396. The molecule has 0 unspecified atom stereocenters. The molecule has 0 radical (unpaired) electrons. The molecule has 1 amide bonds. The van der Waals surface area contributed by atoms with Crippen LogP contribution in [-0.4, -0.2) is 51.4 Å². The predicted molar refractivity (Wildman–Crippen MR) is 140 cm³/mol. The zero-order valence-corrected chi connectivity index (χ0v) is 20.8. The summed E-state index contributed by atoms with van der Waals surface area (Å²) in [4.78, 5) is 22.8. The summed E-state index contributed by atoms with van der Waals surface area (Å²) in [5.74, 6) is 2.06. The summed E-state index contributed by atoms with van der Waals surface area (Å²) in [6.45, 7) is 6.68. The second-order valence-electron chi connectivity index (χ2n) is 9.65. The molecule has 1 atom stereocenters. The number of carbonyl (C=O) groups excluding carboxylic acids is 1. The minimum absolute atomic E-state index is 0.0486. The lowest BCUT2D eigenvalue weighted by atomic mass is 10.0. The zero-order chi connectivity index (χ0) is 25.7. The molecule has 9 heteroatoms. The van der Waals surface area contributed by atoms with Gasteiger partial charge in [-0.1, -0.05) is 18.2 Å². The highest BCUT2D eigenvalue weighted by Gasteiger charge is 2.32. The van der Waals surface area contributed by atoms with Gasteiger partial charge in [-0.3, -0.25) is 5.41 Å². The van der Waals surface area contributed by atoms with Crippen molar-refractivity contribution in [1.29, 1.82) is 5.41 Å². The van der Waals surface area contributed by atoms with Gasteiger partial charge in [0, 0.05) is 18.7 Å². The van der Waals surface area contributed by atoms with Crippen LogP contribution in [0.5, 0.6) is 11.5 Å². The number of anilines is 2. The Morgan fingerprint density at radius 2 is 1.81 bits per heavy atom. The summed E-state index contributed by atoms with van der Waals surface area (Å²) < 4.78 is 11.4. The van der Waals surface area contributed by atoms with E-state index in [1.165, 1.54) is 6.33 Å². The van der Waals surface area contributed by atoms with E-state index in [1.807, 2.05) is 51.1 Å². The third-order valence-corrected chi connectivity index (χ3v) is 5.76. The van der Waals surface area contributed by atoms with E-state index in [4.69, 9.17) is 20.6 Å². The summed E-state index contributed by atoms with van der Waals surface area (Å²) in [5, 5.41) is 12.1. The number of nitrogens with zero attached hydrogens (tertiary/aromatic N) is 3. The second kappa shape index (κ2) is 10.6. The average molecular weight is 489 g/mol. The molecular formula is C27H32N6O3. The molecule has 2 heterocycles. The van der Waals surface area contributed by atoms with Crippen molar-refractivity contribution in [1.82, 2.24) is 14.9 Å². The largest absolute Gasteiger partial charge is 0.457 e. The van der Waals surface area contributed by atoms with Crippen LogP contribution in [0.4, 0.5) is 16.4 Å². The van der Waals surface area contributed by atoms with Crippen LogP contribution in [0.3, 0.4) is 0 Å². The van der Waals surface area contributed by atoms with Gasteiger partial charge in [-0.25, -0.2) is 14.8 Å². The molecule has 1 saturated heterocycles.